The zero-order valence-electron chi connectivity index (χ0n) is 9.69. The van der Waals surface area contributed by atoms with Gasteiger partial charge in [0.2, 0.25) is 0 Å². The van der Waals surface area contributed by atoms with Gasteiger partial charge in [-0.2, -0.15) is 18.4 Å². The normalized spacial score (nSPS) is 11.7. The highest BCUT2D eigenvalue weighted by molar-refractivity contribution is 5.53. The topological polar surface area (TPSA) is 97.2 Å². The lowest BCUT2D eigenvalue weighted by Crippen LogP contribution is -2.06. The quantitative estimate of drug-likeness (QED) is 0.827. The number of nitrogens with zero attached hydrogens (tertiary/aromatic N) is 3. The number of hydrogen-bond donors (Lipinski definition) is 2. The SMILES string of the molecule is N#Cc1ccccc1N=Nc1c(C(F)(F)F)[nH][nH]c1=O. The number of nitriles is 1. The molecule has 0 saturated carbocycles. The lowest BCUT2D eigenvalue weighted by atomic mass is 10.2. The van der Waals surface area contributed by atoms with Gasteiger partial charge in [0.05, 0.1) is 5.56 Å². The largest absolute Gasteiger partial charge is 0.435 e. The number of rotatable bonds is 2. The van der Waals surface area contributed by atoms with E-state index in [0.29, 0.717) is 0 Å². The van der Waals surface area contributed by atoms with E-state index in [1.165, 1.54) is 12.1 Å². The summed E-state index contributed by atoms with van der Waals surface area (Å²) in [6, 6.07) is 7.76. The van der Waals surface area contributed by atoms with Crippen LogP contribution in [0.25, 0.3) is 0 Å². The monoisotopic (exact) mass is 281 g/mol. The smallest absolute Gasteiger partial charge is 0.292 e. The standard InChI is InChI=1S/C11H6F3N5O/c12-11(13,14)9-8(10(20)19-18-9)17-16-7-4-2-1-3-6(7)5-15/h1-4H,(H2,18,19,20). The summed E-state index contributed by atoms with van der Waals surface area (Å²) >= 11 is 0. The Morgan fingerprint density at radius 2 is 1.85 bits per heavy atom. The summed E-state index contributed by atoms with van der Waals surface area (Å²) in [4.78, 5) is 11.3. The molecule has 20 heavy (non-hydrogen) atoms. The third-order valence-corrected chi connectivity index (χ3v) is 2.32. The van der Waals surface area contributed by atoms with Crippen molar-refractivity contribution in [1.82, 2.24) is 10.2 Å². The Balaban J connectivity index is 2.46. The van der Waals surface area contributed by atoms with Gasteiger partial charge in [-0.15, -0.1) is 10.2 Å². The van der Waals surface area contributed by atoms with E-state index in [4.69, 9.17) is 5.26 Å². The Kier molecular flexibility index (Phi) is 3.39. The van der Waals surface area contributed by atoms with Crippen LogP contribution in [0.5, 0.6) is 0 Å². The lowest BCUT2D eigenvalue weighted by molar-refractivity contribution is -0.140. The van der Waals surface area contributed by atoms with Crippen molar-refractivity contribution in [3.05, 3.63) is 45.9 Å². The molecule has 0 aliphatic heterocycles. The molecule has 2 aromatic rings. The molecule has 1 aromatic heterocycles. The summed E-state index contributed by atoms with van der Waals surface area (Å²) in [7, 11) is 0. The number of azo groups is 1. The van der Waals surface area contributed by atoms with Gasteiger partial charge in [0, 0.05) is 0 Å². The molecule has 1 aromatic carbocycles. The molecule has 0 atom stereocenters. The van der Waals surface area contributed by atoms with E-state index in [1.54, 1.807) is 22.3 Å². The van der Waals surface area contributed by atoms with Crippen molar-refractivity contribution in [2.24, 2.45) is 10.2 Å². The Morgan fingerprint density at radius 3 is 2.50 bits per heavy atom. The minimum absolute atomic E-state index is 0.0729. The fraction of sp³-hybridized carbons (Fsp3) is 0.0909. The van der Waals surface area contributed by atoms with Gasteiger partial charge in [-0.1, -0.05) is 12.1 Å². The van der Waals surface area contributed by atoms with Crippen LogP contribution in [-0.2, 0) is 6.18 Å². The number of alkyl halides is 3. The first-order valence-corrected chi connectivity index (χ1v) is 5.22. The molecule has 0 aliphatic carbocycles. The highest BCUT2D eigenvalue weighted by Crippen LogP contribution is 2.33. The third-order valence-electron chi connectivity index (χ3n) is 2.32. The molecule has 102 valence electrons. The predicted octanol–water partition coefficient (Wildman–Crippen LogP) is 3.01. The molecule has 9 heteroatoms. The molecule has 0 amide bonds. The minimum Gasteiger partial charge on any atom is -0.292 e. The van der Waals surface area contributed by atoms with Gasteiger partial charge in [-0.05, 0) is 12.1 Å². The molecule has 0 spiro atoms. The maximum Gasteiger partial charge on any atom is 0.435 e. The number of nitrogens with one attached hydrogen (secondary N) is 2. The third kappa shape index (κ3) is 2.59. The van der Waals surface area contributed by atoms with Crippen LogP contribution in [0, 0.1) is 11.3 Å². The van der Waals surface area contributed by atoms with E-state index in [-0.39, 0.29) is 11.3 Å². The van der Waals surface area contributed by atoms with Crippen molar-refractivity contribution in [2.75, 3.05) is 0 Å². The summed E-state index contributed by atoms with van der Waals surface area (Å²) in [5, 5.41) is 19.1. The molecule has 0 saturated heterocycles. The van der Waals surface area contributed by atoms with Crippen LogP contribution in [0.4, 0.5) is 24.5 Å². The average molecular weight is 281 g/mol. The molecular formula is C11H6F3N5O. The number of aromatic nitrogens is 2. The molecule has 0 fully saturated rings. The van der Waals surface area contributed by atoms with Gasteiger partial charge >= 0.3 is 6.18 Å². The summed E-state index contributed by atoms with van der Waals surface area (Å²) in [6.45, 7) is 0. The van der Waals surface area contributed by atoms with Gasteiger partial charge < -0.3 is 0 Å². The highest BCUT2D eigenvalue weighted by Gasteiger charge is 2.37. The zero-order chi connectivity index (χ0) is 14.8. The fourth-order valence-corrected chi connectivity index (χ4v) is 1.41. The molecule has 0 bridgehead atoms. The molecule has 6 nitrogen and oxygen atoms in total. The van der Waals surface area contributed by atoms with Crippen molar-refractivity contribution in [2.45, 2.75) is 6.18 Å². The average Bonchev–Trinajstić information content (AvgIpc) is 2.78. The molecule has 1 heterocycles. The zero-order valence-corrected chi connectivity index (χ0v) is 9.69. The van der Waals surface area contributed by atoms with E-state index in [9.17, 15) is 18.0 Å². The van der Waals surface area contributed by atoms with E-state index in [1.807, 2.05) is 6.07 Å². The number of benzene rings is 1. The van der Waals surface area contributed by atoms with E-state index >= 15 is 0 Å². The second-order valence-corrected chi connectivity index (χ2v) is 3.63. The first kappa shape index (κ1) is 13.5. The molecule has 0 aliphatic rings. The van der Waals surface area contributed by atoms with Crippen LogP contribution in [0.1, 0.15) is 11.3 Å². The van der Waals surface area contributed by atoms with Gasteiger partial charge in [-0.25, -0.2) is 0 Å². The van der Waals surface area contributed by atoms with Crippen LogP contribution in [0.15, 0.2) is 39.3 Å². The maximum absolute atomic E-state index is 12.6. The second-order valence-electron chi connectivity index (χ2n) is 3.63. The van der Waals surface area contributed by atoms with E-state index in [2.05, 4.69) is 10.2 Å². The van der Waals surface area contributed by atoms with Gasteiger partial charge in [0.25, 0.3) is 5.56 Å². The van der Waals surface area contributed by atoms with Gasteiger partial charge in [-0.3, -0.25) is 15.0 Å². The van der Waals surface area contributed by atoms with E-state index < -0.39 is 23.1 Å². The summed E-state index contributed by atoms with van der Waals surface area (Å²) < 4.78 is 37.8. The first-order valence-electron chi connectivity index (χ1n) is 5.22. The Hall–Kier alpha value is -2.89. The van der Waals surface area contributed by atoms with Crippen LogP contribution in [0.3, 0.4) is 0 Å². The van der Waals surface area contributed by atoms with Crippen molar-refractivity contribution in [3.63, 3.8) is 0 Å². The summed E-state index contributed by atoms with van der Waals surface area (Å²) in [5.74, 6) is 0. The fourth-order valence-electron chi connectivity index (χ4n) is 1.41. The number of hydrogen-bond acceptors (Lipinski definition) is 4. The van der Waals surface area contributed by atoms with Crippen LogP contribution < -0.4 is 5.56 Å². The second kappa shape index (κ2) is 5.00. The van der Waals surface area contributed by atoms with E-state index in [0.717, 1.165) is 0 Å². The highest BCUT2D eigenvalue weighted by atomic mass is 19.4. The summed E-state index contributed by atoms with van der Waals surface area (Å²) in [5.41, 5.74) is -3.04. The maximum atomic E-state index is 12.6. The predicted molar refractivity (Wildman–Crippen MR) is 61.7 cm³/mol. The number of H-pyrrole nitrogens is 2. The van der Waals surface area contributed by atoms with Crippen LogP contribution in [-0.4, -0.2) is 10.2 Å². The molecule has 0 unspecified atom stereocenters. The van der Waals surface area contributed by atoms with Crippen molar-refractivity contribution < 1.29 is 13.2 Å². The molecule has 0 radical (unpaired) electrons. The molecule has 2 rings (SSSR count). The van der Waals surface area contributed by atoms with Crippen molar-refractivity contribution in [3.8, 4) is 6.07 Å². The molecular weight excluding hydrogens is 275 g/mol. The Labute approximate surface area is 109 Å². The van der Waals surface area contributed by atoms with Crippen LogP contribution in [0.2, 0.25) is 0 Å². The molecule has 2 N–H and O–H groups in total. The van der Waals surface area contributed by atoms with Crippen LogP contribution >= 0.6 is 0 Å². The first-order chi connectivity index (χ1) is 9.43. The summed E-state index contributed by atoms with van der Waals surface area (Å²) in [6.07, 6.45) is -4.76. The number of aromatic amines is 2. The van der Waals surface area contributed by atoms with Gasteiger partial charge in [0.15, 0.2) is 11.4 Å². The number of halogens is 3. The van der Waals surface area contributed by atoms with Crippen molar-refractivity contribution >= 4 is 11.4 Å². The lowest BCUT2D eigenvalue weighted by Gasteiger charge is -2.02. The van der Waals surface area contributed by atoms with Gasteiger partial charge in [0.1, 0.15) is 11.8 Å². The Bertz CT molecular complexity index is 750. The van der Waals surface area contributed by atoms with Crippen molar-refractivity contribution in [1.29, 1.82) is 5.26 Å². The Morgan fingerprint density at radius 1 is 1.15 bits per heavy atom. The minimum atomic E-state index is -4.76.